The molecule has 0 aliphatic heterocycles. The average molecular weight is 243 g/mol. The first-order chi connectivity index (χ1) is 8.24. The summed E-state index contributed by atoms with van der Waals surface area (Å²) in [6.45, 7) is 1.78. The zero-order chi connectivity index (χ0) is 11.8. The van der Waals surface area contributed by atoms with Gasteiger partial charge >= 0.3 is 0 Å². The third-order valence-electron chi connectivity index (χ3n) is 2.39. The molecule has 2 aromatic heterocycles. The second kappa shape index (κ2) is 3.78. The van der Waals surface area contributed by atoms with Gasteiger partial charge in [0.2, 0.25) is 4.96 Å². The van der Waals surface area contributed by atoms with E-state index < -0.39 is 0 Å². The van der Waals surface area contributed by atoms with Crippen LogP contribution in [0.2, 0.25) is 0 Å². The van der Waals surface area contributed by atoms with Gasteiger partial charge in [-0.15, -0.1) is 5.10 Å². The minimum atomic E-state index is -0.102. The molecule has 0 N–H and O–H groups in total. The van der Waals surface area contributed by atoms with Crippen molar-refractivity contribution in [2.45, 2.75) is 6.92 Å². The SMILES string of the molecule is Cc1nc2s/c(=C\c3ccccc3)c(=O)n2n1. The highest BCUT2D eigenvalue weighted by atomic mass is 32.1. The van der Waals surface area contributed by atoms with E-state index in [0.29, 0.717) is 15.3 Å². The maximum absolute atomic E-state index is 12.0. The number of nitrogens with zero attached hydrogens (tertiary/aromatic N) is 3. The van der Waals surface area contributed by atoms with Crippen molar-refractivity contribution >= 4 is 22.4 Å². The maximum atomic E-state index is 12.0. The lowest BCUT2D eigenvalue weighted by molar-refractivity contribution is 0.904. The molecule has 17 heavy (non-hydrogen) atoms. The van der Waals surface area contributed by atoms with E-state index in [4.69, 9.17) is 0 Å². The van der Waals surface area contributed by atoms with E-state index in [-0.39, 0.29) is 5.56 Å². The Balaban J connectivity index is 2.25. The Morgan fingerprint density at radius 3 is 2.76 bits per heavy atom. The summed E-state index contributed by atoms with van der Waals surface area (Å²) in [6, 6.07) is 9.75. The lowest BCUT2D eigenvalue weighted by atomic mass is 10.2. The highest BCUT2D eigenvalue weighted by molar-refractivity contribution is 7.15. The fraction of sp³-hybridized carbons (Fsp3) is 0.0833. The van der Waals surface area contributed by atoms with E-state index in [1.807, 2.05) is 36.4 Å². The molecule has 0 atom stereocenters. The molecule has 3 aromatic rings. The fourth-order valence-corrected chi connectivity index (χ4v) is 2.59. The van der Waals surface area contributed by atoms with E-state index in [9.17, 15) is 4.79 Å². The molecule has 4 nitrogen and oxygen atoms in total. The van der Waals surface area contributed by atoms with Crippen molar-refractivity contribution in [3.8, 4) is 0 Å². The minimum Gasteiger partial charge on any atom is -0.266 e. The van der Waals surface area contributed by atoms with Crippen LogP contribution in [0.1, 0.15) is 11.4 Å². The number of hydrogen-bond donors (Lipinski definition) is 0. The van der Waals surface area contributed by atoms with E-state index in [0.717, 1.165) is 5.56 Å². The summed E-state index contributed by atoms with van der Waals surface area (Å²) in [6.07, 6.45) is 1.86. The number of benzene rings is 1. The summed E-state index contributed by atoms with van der Waals surface area (Å²) in [7, 11) is 0. The van der Waals surface area contributed by atoms with Gasteiger partial charge in [0.05, 0.1) is 4.53 Å². The summed E-state index contributed by atoms with van der Waals surface area (Å²) in [5, 5.41) is 4.06. The number of aromatic nitrogens is 3. The molecule has 0 radical (unpaired) electrons. The van der Waals surface area contributed by atoms with Gasteiger partial charge in [-0.25, -0.2) is 4.98 Å². The molecule has 0 unspecified atom stereocenters. The van der Waals surface area contributed by atoms with Crippen LogP contribution in [0.4, 0.5) is 0 Å². The maximum Gasteiger partial charge on any atom is 0.291 e. The van der Waals surface area contributed by atoms with Gasteiger partial charge in [-0.1, -0.05) is 41.7 Å². The molecule has 0 aliphatic carbocycles. The Morgan fingerprint density at radius 2 is 2.06 bits per heavy atom. The third kappa shape index (κ3) is 1.74. The fourth-order valence-electron chi connectivity index (χ4n) is 1.63. The molecular formula is C12H9N3OS. The zero-order valence-corrected chi connectivity index (χ0v) is 9.94. The normalized spacial score (nSPS) is 12.4. The van der Waals surface area contributed by atoms with Crippen LogP contribution in [0.25, 0.3) is 11.0 Å². The van der Waals surface area contributed by atoms with Crippen molar-refractivity contribution in [1.82, 2.24) is 14.6 Å². The van der Waals surface area contributed by atoms with Gasteiger partial charge in [0, 0.05) is 0 Å². The van der Waals surface area contributed by atoms with Gasteiger partial charge in [-0.3, -0.25) is 4.79 Å². The number of fused-ring (bicyclic) bond motifs is 1. The summed E-state index contributed by atoms with van der Waals surface area (Å²) < 4.78 is 2.01. The van der Waals surface area contributed by atoms with Crippen LogP contribution in [0, 0.1) is 6.92 Å². The molecule has 0 spiro atoms. The standard InChI is InChI=1S/C12H9N3OS/c1-8-13-12-15(14-8)11(16)10(17-12)7-9-5-3-2-4-6-9/h2-7H,1H3/b10-7-. The van der Waals surface area contributed by atoms with E-state index in [1.165, 1.54) is 15.9 Å². The van der Waals surface area contributed by atoms with Crippen LogP contribution in [-0.2, 0) is 0 Å². The minimum absolute atomic E-state index is 0.102. The first-order valence-corrected chi connectivity index (χ1v) is 5.98. The van der Waals surface area contributed by atoms with Crippen molar-refractivity contribution in [2.24, 2.45) is 0 Å². The Hall–Kier alpha value is -2.01. The van der Waals surface area contributed by atoms with Crippen LogP contribution in [-0.4, -0.2) is 14.6 Å². The van der Waals surface area contributed by atoms with Crippen molar-refractivity contribution < 1.29 is 0 Å². The summed E-state index contributed by atoms with van der Waals surface area (Å²) in [5.74, 6) is 0.625. The van der Waals surface area contributed by atoms with Crippen LogP contribution in [0.3, 0.4) is 0 Å². The molecule has 0 bridgehead atoms. The van der Waals surface area contributed by atoms with E-state index in [1.54, 1.807) is 6.92 Å². The smallest absolute Gasteiger partial charge is 0.266 e. The van der Waals surface area contributed by atoms with Gasteiger partial charge in [-0.05, 0) is 18.6 Å². The van der Waals surface area contributed by atoms with Gasteiger partial charge < -0.3 is 0 Å². The quantitative estimate of drug-likeness (QED) is 0.641. The molecule has 1 aromatic carbocycles. The highest BCUT2D eigenvalue weighted by Crippen LogP contribution is 2.02. The topological polar surface area (TPSA) is 47.3 Å². The second-order valence-corrected chi connectivity index (χ2v) is 4.69. The Labute approximate surface area is 101 Å². The second-order valence-electron chi connectivity index (χ2n) is 3.68. The summed E-state index contributed by atoms with van der Waals surface area (Å²) in [5.41, 5.74) is 0.903. The molecule has 2 heterocycles. The van der Waals surface area contributed by atoms with Gasteiger partial charge in [-0.2, -0.15) is 4.52 Å². The lowest BCUT2D eigenvalue weighted by Crippen LogP contribution is -2.23. The van der Waals surface area contributed by atoms with Crippen molar-refractivity contribution in [1.29, 1.82) is 0 Å². The molecule has 0 aliphatic rings. The average Bonchev–Trinajstić information content (AvgIpc) is 2.81. The Bertz CT molecular complexity index is 773. The van der Waals surface area contributed by atoms with Crippen LogP contribution < -0.4 is 10.1 Å². The molecule has 0 amide bonds. The molecule has 0 saturated heterocycles. The highest BCUT2D eigenvalue weighted by Gasteiger charge is 2.07. The van der Waals surface area contributed by atoms with E-state index >= 15 is 0 Å². The monoisotopic (exact) mass is 243 g/mol. The molecular weight excluding hydrogens is 234 g/mol. The van der Waals surface area contributed by atoms with Crippen LogP contribution >= 0.6 is 11.3 Å². The van der Waals surface area contributed by atoms with Crippen LogP contribution in [0.5, 0.6) is 0 Å². The summed E-state index contributed by atoms with van der Waals surface area (Å²) >= 11 is 1.36. The number of hydrogen-bond acceptors (Lipinski definition) is 4. The zero-order valence-electron chi connectivity index (χ0n) is 9.12. The molecule has 0 saturated carbocycles. The van der Waals surface area contributed by atoms with Gasteiger partial charge in [0.25, 0.3) is 5.56 Å². The van der Waals surface area contributed by atoms with Crippen molar-refractivity contribution in [3.63, 3.8) is 0 Å². The molecule has 0 fully saturated rings. The molecule has 3 rings (SSSR count). The Morgan fingerprint density at radius 1 is 1.29 bits per heavy atom. The van der Waals surface area contributed by atoms with Gasteiger partial charge in [0.1, 0.15) is 5.82 Å². The van der Waals surface area contributed by atoms with Crippen molar-refractivity contribution in [2.75, 3.05) is 0 Å². The largest absolute Gasteiger partial charge is 0.291 e. The number of aryl methyl sites for hydroxylation is 1. The van der Waals surface area contributed by atoms with Crippen LogP contribution in [0.15, 0.2) is 35.1 Å². The number of rotatable bonds is 1. The first-order valence-electron chi connectivity index (χ1n) is 5.17. The van der Waals surface area contributed by atoms with Gasteiger partial charge in [0.15, 0.2) is 0 Å². The predicted molar refractivity (Wildman–Crippen MR) is 67.1 cm³/mol. The Kier molecular flexibility index (Phi) is 2.26. The molecule has 5 heteroatoms. The summed E-state index contributed by atoms with van der Waals surface area (Å²) in [4.78, 5) is 16.8. The predicted octanol–water partition coefficient (Wildman–Crippen LogP) is 1.01. The van der Waals surface area contributed by atoms with Crippen molar-refractivity contribution in [3.05, 3.63) is 56.6 Å². The first kappa shape index (κ1) is 10.2. The van der Waals surface area contributed by atoms with E-state index in [2.05, 4.69) is 10.1 Å². The third-order valence-corrected chi connectivity index (χ3v) is 3.34. The molecule has 84 valence electrons. The number of thiazole rings is 1. The lowest BCUT2D eigenvalue weighted by Gasteiger charge is -1.87.